The van der Waals surface area contributed by atoms with Crippen LogP contribution in [-0.4, -0.2) is 34.5 Å². The molecule has 0 saturated carbocycles. The van der Waals surface area contributed by atoms with Gasteiger partial charge in [-0.3, -0.25) is 4.90 Å². The highest BCUT2D eigenvalue weighted by Crippen LogP contribution is 2.21. The van der Waals surface area contributed by atoms with E-state index < -0.39 is 0 Å². The van der Waals surface area contributed by atoms with E-state index in [0.717, 1.165) is 42.8 Å². The molecular weight excluding hydrogens is 248 g/mol. The number of piperidine rings is 1. The van der Waals surface area contributed by atoms with Gasteiger partial charge in [-0.1, -0.05) is 20.3 Å². The molecule has 1 aliphatic heterocycles. The number of hydrogen-bond donors (Lipinski definition) is 1. The molecule has 0 spiro atoms. The van der Waals surface area contributed by atoms with Gasteiger partial charge >= 0.3 is 0 Å². The zero-order valence-electron chi connectivity index (χ0n) is 13.2. The van der Waals surface area contributed by atoms with E-state index in [1.807, 2.05) is 13.0 Å². The molecule has 0 amide bonds. The molecule has 4 nitrogen and oxygen atoms in total. The zero-order valence-corrected chi connectivity index (χ0v) is 13.2. The van der Waals surface area contributed by atoms with Crippen LogP contribution in [0, 0.1) is 12.8 Å². The third-order valence-electron chi connectivity index (χ3n) is 4.11. The molecule has 1 aliphatic rings. The first-order chi connectivity index (χ1) is 9.71. The first-order valence-electron chi connectivity index (χ1n) is 8.02. The van der Waals surface area contributed by atoms with Crippen molar-refractivity contribution in [3.05, 3.63) is 17.6 Å². The van der Waals surface area contributed by atoms with E-state index in [0.29, 0.717) is 0 Å². The number of rotatable bonds is 6. The molecule has 2 heterocycles. The van der Waals surface area contributed by atoms with Crippen molar-refractivity contribution in [1.29, 1.82) is 0 Å². The van der Waals surface area contributed by atoms with Crippen molar-refractivity contribution in [2.75, 3.05) is 25.0 Å². The van der Waals surface area contributed by atoms with Crippen molar-refractivity contribution in [2.24, 2.45) is 5.92 Å². The standard InChI is InChI=1S/C16H28N4/c1-4-8-17-15-11-13(3)18-16(19-15)12-20-9-6-14(5-2)7-10-20/h11,14H,4-10,12H2,1-3H3,(H,17,18,19). The Hall–Kier alpha value is -1.16. The van der Waals surface area contributed by atoms with E-state index in [-0.39, 0.29) is 0 Å². The molecule has 1 aromatic heterocycles. The number of hydrogen-bond acceptors (Lipinski definition) is 4. The molecule has 2 rings (SSSR count). The SMILES string of the molecule is CCCNc1cc(C)nc(CN2CCC(CC)CC2)n1. The van der Waals surface area contributed by atoms with Crippen molar-refractivity contribution < 1.29 is 0 Å². The highest BCUT2D eigenvalue weighted by Gasteiger charge is 2.18. The van der Waals surface area contributed by atoms with Gasteiger partial charge in [-0.15, -0.1) is 0 Å². The summed E-state index contributed by atoms with van der Waals surface area (Å²) >= 11 is 0. The summed E-state index contributed by atoms with van der Waals surface area (Å²) in [7, 11) is 0. The van der Waals surface area contributed by atoms with E-state index in [1.54, 1.807) is 0 Å². The van der Waals surface area contributed by atoms with Gasteiger partial charge in [-0.25, -0.2) is 9.97 Å². The minimum Gasteiger partial charge on any atom is -0.370 e. The quantitative estimate of drug-likeness (QED) is 0.866. The summed E-state index contributed by atoms with van der Waals surface area (Å²) in [4.78, 5) is 11.7. The van der Waals surface area contributed by atoms with Crippen LogP contribution in [0.15, 0.2) is 6.07 Å². The van der Waals surface area contributed by atoms with Gasteiger partial charge in [0.1, 0.15) is 11.6 Å². The number of likely N-dealkylation sites (tertiary alicyclic amines) is 1. The molecule has 1 fully saturated rings. The molecule has 0 unspecified atom stereocenters. The van der Waals surface area contributed by atoms with Crippen molar-refractivity contribution in [3.63, 3.8) is 0 Å². The highest BCUT2D eigenvalue weighted by molar-refractivity contribution is 5.35. The van der Waals surface area contributed by atoms with Crippen molar-refractivity contribution >= 4 is 5.82 Å². The van der Waals surface area contributed by atoms with Crippen LogP contribution < -0.4 is 5.32 Å². The number of nitrogens with one attached hydrogen (secondary N) is 1. The highest BCUT2D eigenvalue weighted by atomic mass is 15.2. The Labute approximate surface area is 123 Å². The van der Waals surface area contributed by atoms with Crippen LogP contribution in [-0.2, 0) is 6.54 Å². The van der Waals surface area contributed by atoms with E-state index in [2.05, 4.69) is 34.0 Å². The maximum Gasteiger partial charge on any atom is 0.144 e. The Balaban J connectivity index is 1.93. The van der Waals surface area contributed by atoms with Crippen LogP contribution in [0.5, 0.6) is 0 Å². The lowest BCUT2D eigenvalue weighted by atomic mass is 9.94. The molecule has 1 N–H and O–H groups in total. The summed E-state index contributed by atoms with van der Waals surface area (Å²) in [5, 5.41) is 3.36. The predicted octanol–water partition coefficient (Wildman–Crippen LogP) is 3.23. The maximum atomic E-state index is 4.64. The van der Waals surface area contributed by atoms with Crippen molar-refractivity contribution in [3.8, 4) is 0 Å². The zero-order chi connectivity index (χ0) is 14.4. The van der Waals surface area contributed by atoms with Crippen LogP contribution >= 0.6 is 0 Å². The third-order valence-corrected chi connectivity index (χ3v) is 4.11. The third kappa shape index (κ3) is 4.44. The monoisotopic (exact) mass is 276 g/mol. The normalized spacial score (nSPS) is 17.4. The molecule has 1 aromatic rings. The topological polar surface area (TPSA) is 41.1 Å². The maximum absolute atomic E-state index is 4.64. The van der Waals surface area contributed by atoms with Gasteiger partial charge in [-0.2, -0.15) is 0 Å². The Bertz CT molecular complexity index is 411. The molecule has 0 radical (unpaired) electrons. The largest absolute Gasteiger partial charge is 0.370 e. The number of aromatic nitrogens is 2. The summed E-state index contributed by atoms with van der Waals surface area (Å²) in [6.45, 7) is 10.7. The minimum absolute atomic E-state index is 0.888. The molecular formula is C16H28N4. The lowest BCUT2D eigenvalue weighted by Gasteiger charge is -2.30. The van der Waals surface area contributed by atoms with Gasteiger partial charge in [0, 0.05) is 18.3 Å². The first-order valence-corrected chi connectivity index (χ1v) is 8.02. The smallest absolute Gasteiger partial charge is 0.144 e. The molecule has 4 heteroatoms. The summed E-state index contributed by atoms with van der Waals surface area (Å²) in [6.07, 6.45) is 5.08. The van der Waals surface area contributed by atoms with Gasteiger partial charge in [0.25, 0.3) is 0 Å². The Kier molecular flexibility index (Phi) is 5.77. The number of aryl methyl sites for hydroxylation is 1. The van der Waals surface area contributed by atoms with E-state index in [4.69, 9.17) is 0 Å². The molecule has 0 bridgehead atoms. The lowest BCUT2D eigenvalue weighted by Crippen LogP contribution is -2.33. The van der Waals surface area contributed by atoms with Crippen molar-refractivity contribution in [1.82, 2.24) is 14.9 Å². The Morgan fingerprint density at radius 3 is 2.65 bits per heavy atom. The van der Waals surface area contributed by atoms with Gasteiger partial charge in [0.05, 0.1) is 6.54 Å². The average molecular weight is 276 g/mol. The van der Waals surface area contributed by atoms with E-state index >= 15 is 0 Å². The molecule has 112 valence electrons. The van der Waals surface area contributed by atoms with Gasteiger partial charge in [0.2, 0.25) is 0 Å². The summed E-state index contributed by atoms with van der Waals surface area (Å²) in [5.41, 5.74) is 1.05. The van der Waals surface area contributed by atoms with Crippen LogP contribution in [0.4, 0.5) is 5.82 Å². The van der Waals surface area contributed by atoms with Crippen LogP contribution in [0.1, 0.15) is 51.0 Å². The van der Waals surface area contributed by atoms with Crippen molar-refractivity contribution in [2.45, 2.75) is 53.0 Å². The summed E-state index contributed by atoms with van der Waals surface area (Å²) < 4.78 is 0. The number of nitrogens with zero attached hydrogens (tertiary/aromatic N) is 3. The van der Waals surface area contributed by atoms with Crippen LogP contribution in [0.2, 0.25) is 0 Å². The van der Waals surface area contributed by atoms with Gasteiger partial charge in [-0.05, 0) is 45.2 Å². The molecule has 0 atom stereocenters. The fourth-order valence-corrected chi connectivity index (χ4v) is 2.80. The van der Waals surface area contributed by atoms with E-state index in [1.165, 1.54) is 32.4 Å². The summed E-state index contributed by atoms with van der Waals surface area (Å²) in [6, 6.07) is 2.03. The van der Waals surface area contributed by atoms with E-state index in [9.17, 15) is 0 Å². The first kappa shape index (κ1) is 15.2. The molecule has 20 heavy (non-hydrogen) atoms. The minimum atomic E-state index is 0.888. The fraction of sp³-hybridized carbons (Fsp3) is 0.750. The second-order valence-corrected chi connectivity index (χ2v) is 5.87. The summed E-state index contributed by atoms with van der Waals surface area (Å²) in [5.74, 6) is 2.85. The fourth-order valence-electron chi connectivity index (χ4n) is 2.80. The number of anilines is 1. The average Bonchev–Trinajstić information content (AvgIpc) is 2.45. The Morgan fingerprint density at radius 1 is 1.25 bits per heavy atom. The molecule has 0 aliphatic carbocycles. The molecule has 1 saturated heterocycles. The molecule has 0 aromatic carbocycles. The van der Waals surface area contributed by atoms with Gasteiger partial charge < -0.3 is 5.32 Å². The lowest BCUT2D eigenvalue weighted by molar-refractivity contribution is 0.171. The van der Waals surface area contributed by atoms with Crippen LogP contribution in [0.25, 0.3) is 0 Å². The van der Waals surface area contributed by atoms with Crippen LogP contribution in [0.3, 0.4) is 0 Å². The predicted molar refractivity (Wildman–Crippen MR) is 83.8 cm³/mol. The second-order valence-electron chi connectivity index (χ2n) is 5.87. The van der Waals surface area contributed by atoms with Gasteiger partial charge in [0.15, 0.2) is 0 Å². The second kappa shape index (κ2) is 7.58. The Morgan fingerprint density at radius 2 is 2.00 bits per heavy atom.